The molecule has 0 radical (unpaired) electrons. The van der Waals surface area contributed by atoms with Crippen LogP contribution in [0.2, 0.25) is 0 Å². The number of alkyl halides is 3. The Hall–Kier alpha value is -2.58. The SMILES string of the molecule is O=C(c1cn[nH]c1C(F)(F)F)N1CCN(c2ccccc2F)CC1. The summed E-state index contributed by atoms with van der Waals surface area (Å²) < 4.78 is 52.3. The van der Waals surface area contributed by atoms with Gasteiger partial charge in [-0.1, -0.05) is 12.1 Å². The first kappa shape index (κ1) is 16.3. The van der Waals surface area contributed by atoms with Gasteiger partial charge in [0, 0.05) is 26.2 Å². The fourth-order valence-electron chi connectivity index (χ4n) is 2.69. The van der Waals surface area contributed by atoms with Gasteiger partial charge in [-0.25, -0.2) is 4.39 Å². The summed E-state index contributed by atoms with van der Waals surface area (Å²) in [6.07, 6.45) is -3.79. The van der Waals surface area contributed by atoms with Gasteiger partial charge in [-0.05, 0) is 12.1 Å². The smallest absolute Gasteiger partial charge is 0.366 e. The molecule has 128 valence electrons. The summed E-state index contributed by atoms with van der Waals surface area (Å²) in [4.78, 5) is 15.4. The second-order valence-corrected chi connectivity index (χ2v) is 5.39. The number of benzene rings is 1. The maximum Gasteiger partial charge on any atom is 0.433 e. The van der Waals surface area contributed by atoms with E-state index in [2.05, 4.69) is 5.10 Å². The van der Waals surface area contributed by atoms with E-state index in [1.807, 2.05) is 5.10 Å². The molecule has 1 aliphatic heterocycles. The molecular weight excluding hydrogens is 328 g/mol. The van der Waals surface area contributed by atoms with Crippen molar-refractivity contribution < 1.29 is 22.4 Å². The first-order valence-corrected chi connectivity index (χ1v) is 7.27. The number of aromatic amines is 1. The normalized spacial score (nSPS) is 15.7. The number of aromatic nitrogens is 2. The highest BCUT2D eigenvalue weighted by Crippen LogP contribution is 2.31. The number of hydrogen-bond acceptors (Lipinski definition) is 3. The molecule has 9 heteroatoms. The minimum atomic E-state index is -4.67. The Morgan fingerprint density at radius 1 is 1.12 bits per heavy atom. The van der Waals surface area contributed by atoms with Crippen molar-refractivity contribution in [2.24, 2.45) is 0 Å². The summed E-state index contributed by atoms with van der Waals surface area (Å²) >= 11 is 0. The Bertz CT molecular complexity index is 735. The molecule has 1 fully saturated rings. The summed E-state index contributed by atoms with van der Waals surface area (Å²) in [5.74, 6) is -1.10. The van der Waals surface area contributed by atoms with Crippen LogP contribution in [0.4, 0.5) is 23.2 Å². The van der Waals surface area contributed by atoms with Crippen LogP contribution in [0.15, 0.2) is 30.5 Å². The number of nitrogens with one attached hydrogen (secondary N) is 1. The van der Waals surface area contributed by atoms with E-state index in [9.17, 15) is 22.4 Å². The molecule has 3 rings (SSSR count). The summed E-state index contributed by atoms with van der Waals surface area (Å²) in [5.41, 5.74) is -1.23. The molecule has 0 atom stereocenters. The van der Waals surface area contributed by atoms with Gasteiger partial charge in [0.2, 0.25) is 0 Å². The largest absolute Gasteiger partial charge is 0.433 e. The highest BCUT2D eigenvalue weighted by Gasteiger charge is 2.39. The lowest BCUT2D eigenvalue weighted by molar-refractivity contribution is -0.141. The van der Waals surface area contributed by atoms with E-state index in [4.69, 9.17) is 0 Å². The quantitative estimate of drug-likeness (QED) is 0.854. The van der Waals surface area contributed by atoms with Crippen LogP contribution in [0.5, 0.6) is 0 Å². The van der Waals surface area contributed by atoms with E-state index < -0.39 is 23.3 Å². The van der Waals surface area contributed by atoms with Crippen molar-refractivity contribution in [1.82, 2.24) is 15.1 Å². The molecule has 2 aromatic rings. The topological polar surface area (TPSA) is 52.2 Å². The zero-order chi connectivity index (χ0) is 17.3. The first-order chi connectivity index (χ1) is 11.4. The number of nitrogens with zero attached hydrogens (tertiary/aromatic N) is 3. The van der Waals surface area contributed by atoms with Crippen LogP contribution < -0.4 is 4.90 Å². The number of amides is 1. The Kier molecular flexibility index (Phi) is 4.16. The lowest BCUT2D eigenvalue weighted by atomic mass is 10.2. The van der Waals surface area contributed by atoms with E-state index >= 15 is 0 Å². The van der Waals surface area contributed by atoms with Gasteiger partial charge in [0.15, 0.2) is 5.69 Å². The Labute approximate surface area is 134 Å². The van der Waals surface area contributed by atoms with Gasteiger partial charge in [0.05, 0.1) is 17.4 Å². The van der Waals surface area contributed by atoms with Gasteiger partial charge in [0.1, 0.15) is 5.82 Å². The number of halogens is 4. The maximum absolute atomic E-state index is 13.8. The third-order valence-electron chi connectivity index (χ3n) is 3.91. The van der Waals surface area contributed by atoms with Crippen molar-refractivity contribution in [3.8, 4) is 0 Å². The Balaban J connectivity index is 1.70. The maximum atomic E-state index is 13.8. The average Bonchev–Trinajstić information content (AvgIpc) is 3.05. The number of carbonyl (C=O) groups excluding carboxylic acids is 1. The molecule has 1 amide bonds. The minimum absolute atomic E-state index is 0.204. The van der Waals surface area contributed by atoms with Crippen LogP contribution >= 0.6 is 0 Å². The molecule has 0 unspecified atom stereocenters. The van der Waals surface area contributed by atoms with Gasteiger partial charge >= 0.3 is 6.18 Å². The van der Waals surface area contributed by atoms with Crippen molar-refractivity contribution in [2.75, 3.05) is 31.1 Å². The average molecular weight is 342 g/mol. The highest BCUT2D eigenvalue weighted by molar-refractivity contribution is 5.95. The van der Waals surface area contributed by atoms with Gasteiger partial charge in [-0.15, -0.1) is 0 Å². The molecule has 0 saturated carbocycles. The third kappa shape index (κ3) is 3.06. The van der Waals surface area contributed by atoms with Crippen LogP contribution in [0, 0.1) is 5.82 Å². The van der Waals surface area contributed by atoms with E-state index in [1.54, 1.807) is 23.1 Å². The Morgan fingerprint density at radius 3 is 2.42 bits per heavy atom. The van der Waals surface area contributed by atoms with Crippen LogP contribution in [-0.2, 0) is 6.18 Å². The summed E-state index contributed by atoms with van der Waals surface area (Å²) in [7, 11) is 0. The number of para-hydroxylation sites is 1. The zero-order valence-corrected chi connectivity index (χ0v) is 12.5. The zero-order valence-electron chi connectivity index (χ0n) is 12.5. The number of piperazine rings is 1. The number of anilines is 1. The molecular formula is C15H14F4N4O. The fraction of sp³-hybridized carbons (Fsp3) is 0.333. The molecule has 2 heterocycles. The molecule has 1 saturated heterocycles. The van der Waals surface area contributed by atoms with Gasteiger partial charge in [-0.3, -0.25) is 9.89 Å². The summed E-state index contributed by atoms with van der Waals surface area (Å²) in [5, 5.41) is 5.15. The third-order valence-corrected chi connectivity index (χ3v) is 3.91. The van der Waals surface area contributed by atoms with Crippen LogP contribution in [0.3, 0.4) is 0 Å². The van der Waals surface area contributed by atoms with Crippen molar-refractivity contribution in [1.29, 1.82) is 0 Å². The number of carbonyl (C=O) groups is 1. The van der Waals surface area contributed by atoms with Crippen LogP contribution in [-0.4, -0.2) is 47.2 Å². The first-order valence-electron chi connectivity index (χ1n) is 7.27. The van der Waals surface area contributed by atoms with Crippen LogP contribution in [0.25, 0.3) is 0 Å². The predicted molar refractivity (Wildman–Crippen MR) is 78.1 cm³/mol. The number of hydrogen-bond donors (Lipinski definition) is 1. The van der Waals surface area contributed by atoms with E-state index in [0.717, 1.165) is 6.20 Å². The monoisotopic (exact) mass is 342 g/mol. The lowest BCUT2D eigenvalue weighted by Gasteiger charge is -2.36. The minimum Gasteiger partial charge on any atom is -0.366 e. The number of rotatable bonds is 2. The van der Waals surface area contributed by atoms with Crippen molar-refractivity contribution in [3.63, 3.8) is 0 Å². The molecule has 1 N–H and O–H groups in total. The molecule has 0 aliphatic carbocycles. The van der Waals surface area contributed by atoms with Crippen molar-refractivity contribution in [2.45, 2.75) is 6.18 Å². The standard InChI is InChI=1S/C15H14F4N4O/c16-11-3-1-2-4-12(11)22-5-7-23(8-6-22)14(24)10-9-20-21-13(10)15(17,18)19/h1-4,9H,5-8H2,(H,20,21). The highest BCUT2D eigenvalue weighted by atomic mass is 19.4. The van der Waals surface area contributed by atoms with E-state index in [1.165, 1.54) is 11.0 Å². The second-order valence-electron chi connectivity index (χ2n) is 5.39. The molecule has 1 aromatic heterocycles. The number of H-pyrrole nitrogens is 1. The molecule has 1 aromatic carbocycles. The van der Waals surface area contributed by atoms with Crippen molar-refractivity contribution in [3.05, 3.63) is 47.5 Å². The van der Waals surface area contributed by atoms with Gasteiger partial charge in [-0.2, -0.15) is 18.3 Å². The molecule has 5 nitrogen and oxygen atoms in total. The molecule has 24 heavy (non-hydrogen) atoms. The second kappa shape index (κ2) is 6.14. The van der Waals surface area contributed by atoms with E-state index in [0.29, 0.717) is 18.8 Å². The summed E-state index contributed by atoms with van der Waals surface area (Å²) in [6.45, 7) is 1.09. The van der Waals surface area contributed by atoms with Gasteiger partial charge < -0.3 is 9.80 Å². The Morgan fingerprint density at radius 2 is 1.79 bits per heavy atom. The van der Waals surface area contributed by atoms with E-state index in [-0.39, 0.29) is 18.9 Å². The molecule has 0 bridgehead atoms. The van der Waals surface area contributed by atoms with Crippen molar-refractivity contribution >= 4 is 11.6 Å². The molecule has 1 aliphatic rings. The van der Waals surface area contributed by atoms with Crippen LogP contribution in [0.1, 0.15) is 16.1 Å². The molecule has 0 spiro atoms. The predicted octanol–water partition coefficient (Wildman–Crippen LogP) is 2.53. The van der Waals surface area contributed by atoms with Gasteiger partial charge in [0.25, 0.3) is 5.91 Å². The fourth-order valence-corrected chi connectivity index (χ4v) is 2.69. The lowest BCUT2D eigenvalue weighted by Crippen LogP contribution is -2.49. The summed E-state index contributed by atoms with van der Waals surface area (Å²) in [6, 6.07) is 6.26.